The Morgan fingerprint density at radius 3 is 2.57 bits per heavy atom. The lowest BCUT2D eigenvalue weighted by Crippen LogP contribution is -2.40. The Morgan fingerprint density at radius 2 is 2.00 bits per heavy atom. The molecule has 0 aliphatic rings. The van der Waals surface area contributed by atoms with Crippen molar-refractivity contribution in [3.63, 3.8) is 0 Å². The summed E-state index contributed by atoms with van der Waals surface area (Å²) >= 11 is 0. The number of hydrogen-bond acceptors (Lipinski definition) is 3. The van der Waals surface area contributed by atoms with E-state index in [2.05, 4.69) is 11.8 Å². The van der Waals surface area contributed by atoms with Crippen LogP contribution in [0.15, 0.2) is 24.3 Å². The molecule has 112 valence electrons. The van der Waals surface area contributed by atoms with Crippen LogP contribution in [0, 0.1) is 11.8 Å². The van der Waals surface area contributed by atoms with Gasteiger partial charge in [0.05, 0.1) is 6.54 Å². The molecule has 1 N–H and O–H groups in total. The predicted octanol–water partition coefficient (Wildman–Crippen LogP) is 0.581. The second-order valence-corrected chi connectivity index (χ2v) is 4.65. The number of aliphatic hydroxyl groups excluding tert-OH is 1. The largest absolute Gasteiger partial charge is 0.384 e. The number of rotatable bonds is 4. The zero-order valence-electron chi connectivity index (χ0n) is 12.6. The summed E-state index contributed by atoms with van der Waals surface area (Å²) in [6.45, 7) is 2.10. The van der Waals surface area contributed by atoms with Crippen LogP contribution in [0.4, 0.5) is 0 Å². The first-order chi connectivity index (χ1) is 9.99. The molecular formula is C16H20N2O3. The molecule has 0 atom stereocenters. The summed E-state index contributed by atoms with van der Waals surface area (Å²) in [5.74, 6) is 4.97. The van der Waals surface area contributed by atoms with E-state index in [4.69, 9.17) is 5.11 Å². The highest BCUT2D eigenvalue weighted by molar-refractivity contribution is 5.96. The van der Waals surface area contributed by atoms with Gasteiger partial charge in [0, 0.05) is 31.8 Å². The van der Waals surface area contributed by atoms with Crippen molar-refractivity contribution >= 4 is 11.8 Å². The minimum atomic E-state index is -0.226. The number of amides is 2. The van der Waals surface area contributed by atoms with Crippen LogP contribution in [-0.4, -0.2) is 60.5 Å². The zero-order valence-corrected chi connectivity index (χ0v) is 12.6. The number of nitrogens with zero attached hydrogens (tertiary/aromatic N) is 2. The van der Waals surface area contributed by atoms with Crippen LogP contribution < -0.4 is 0 Å². The lowest BCUT2D eigenvalue weighted by molar-refractivity contribution is -0.129. The van der Waals surface area contributed by atoms with Crippen molar-refractivity contribution in [2.45, 2.75) is 6.92 Å². The molecule has 5 heteroatoms. The molecule has 0 aromatic heterocycles. The van der Waals surface area contributed by atoms with Crippen molar-refractivity contribution in [2.24, 2.45) is 0 Å². The van der Waals surface area contributed by atoms with Gasteiger partial charge in [-0.25, -0.2) is 0 Å². The quantitative estimate of drug-likeness (QED) is 0.825. The molecule has 5 nitrogen and oxygen atoms in total. The number of carbonyl (C=O) groups is 2. The van der Waals surface area contributed by atoms with Gasteiger partial charge < -0.3 is 14.9 Å². The fraction of sp³-hybridized carbons (Fsp3) is 0.375. The molecule has 0 saturated heterocycles. The third-order valence-electron chi connectivity index (χ3n) is 2.92. The molecule has 1 aromatic carbocycles. The van der Waals surface area contributed by atoms with E-state index in [1.54, 1.807) is 38.4 Å². The minimum Gasteiger partial charge on any atom is -0.384 e. The summed E-state index contributed by atoms with van der Waals surface area (Å²) in [7, 11) is 3.32. The van der Waals surface area contributed by atoms with E-state index in [0.29, 0.717) is 17.7 Å². The summed E-state index contributed by atoms with van der Waals surface area (Å²) in [5, 5.41) is 8.69. The van der Waals surface area contributed by atoms with Crippen LogP contribution in [0.5, 0.6) is 0 Å². The maximum atomic E-state index is 12.4. The van der Waals surface area contributed by atoms with E-state index in [1.165, 1.54) is 9.80 Å². The van der Waals surface area contributed by atoms with Gasteiger partial charge in [0.1, 0.15) is 6.61 Å². The second-order valence-electron chi connectivity index (χ2n) is 4.65. The van der Waals surface area contributed by atoms with Crippen molar-refractivity contribution in [1.29, 1.82) is 0 Å². The van der Waals surface area contributed by atoms with E-state index < -0.39 is 0 Å². The molecule has 0 radical (unpaired) electrons. The Labute approximate surface area is 125 Å². The Kier molecular flexibility index (Phi) is 6.44. The van der Waals surface area contributed by atoms with Crippen LogP contribution in [0.1, 0.15) is 22.8 Å². The maximum Gasteiger partial charge on any atom is 0.254 e. The van der Waals surface area contributed by atoms with Gasteiger partial charge in [0.15, 0.2) is 0 Å². The van der Waals surface area contributed by atoms with Crippen LogP contribution in [0.3, 0.4) is 0 Å². The van der Waals surface area contributed by atoms with Gasteiger partial charge >= 0.3 is 0 Å². The Morgan fingerprint density at radius 1 is 1.29 bits per heavy atom. The molecule has 0 spiro atoms. The molecular weight excluding hydrogens is 268 g/mol. The maximum absolute atomic E-state index is 12.4. The molecule has 0 unspecified atom stereocenters. The molecule has 0 aliphatic heterocycles. The first-order valence-corrected chi connectivity index (χ1v) is 6.68. The van der Waals surface area contributed by atoms with Gasteiger partial charge in [-0.3, -0.25) is 9.59 Å². The SMILES string of the molecule is CCN(CC(=O)N(C)C)C(=O)c1cccc(C#CCO)c1. The van der Waals surface area contributed by atoms with Crippen molar-refractivity contribution in [1.82, 2.24) is 9.80 Å². The van der Waals surface area contributed by atoms with Crippen LogP contribution >= 0.6 is 0 Å². The molecule has 0 saturated carbocycles. The van der Waals surface area contributed by atoms with E-state index in [0.717, 1.165) is 0 Å². The van der Waals surface area contributed by atoms with Gasteiger partial charge in [-0.1, -0.05) is 17.9 Å². The standard InChI is InChI=1S/C16H20N2O3/c1-4-18(12-15(20)17(2)3)16(21)14-9-5-7-13(11-14)8-6-10-19/h5,7,9,11,19H,4,10,12H2,1-3H3. The molecule has 0 bridgehead atoms. The number of hydrogen-bond donors (Lipinski definition) is 1. The van der Waals surface area contributed by atoms with E-state index in [-0.39, 0.29) is 25.0 Å². The summed E-state index contributed by atoms with van der Waals surface area (Å²) in [5.41, 5.74) is 1.14. The molecule has 0 fully saturated rings. The van der Waals surface area contributed by atoms with Crippen molar-refractivity contribution < 1.29 is 14.7 Å². The number of aliphatic hydroxyl groups is 1. The third-order valence-corrected chi connectivity index (χ3v) is 2.92. The predicted molar refractivity (Wildman–Crippen MR) is 80.7 cm³/mol. The van der Waals surface area contributed by atoms with Gasteiger partial charge in [0.2, 0.25) is 5.91 Å². The normalized spacial score (nSPS) is 9.52. The highest BCUT2D eigenvalue weighted by atomic mass is 16.2. The Balaban J connectivity index is 2.92. The summed E-state index contributed by atoms with van der Waals surface area (Å²) in [6.07, 6.45) is 0. The van der Waals surface area contributed by atoms with E-state index in [1.807, 2.05) is 6.92 Å². The Hall–Kier alpha value is -2.32. The lowest BCUT2D eigenvalue weighted by atomic mass is 10.1. The topological polar surface area (TPSA) is 60.9 Å². The summed E-state index contributed by atoms with van der Waals surface area (Å²) in [6, 6.07) is 6.85. The van der Waals surface area contributed by atoms with E-state index in [9.17, 15) is 9.59 Å². The number of carbonyl (C=O) groups excluding carboxylic acids is 2. The molecule has 1 aromatic rings. The van der Waals surface area contributed by atoms with Gasteiger partial charge in [-0.15, -0.1) is 0 Å². The Bertz CT molecular complexity index is 570. The smallest absolute Gasteiger partial charge is 0.254 e. The third kappa shape index (κ3) is 4.93. The van der Waals surface area contributed by atoms with Gasteiger partial charge in [-0.05, 0) is 25.1 Å². The highest BCUT2D eigenvalue weighted by Crippen LogP contribution is 2.08. The zero-order chi connectivity index (χ0) is 15.8. The lowest BCUT2D eigenvalue weighted by Gasteiger charge is -2.22. The van der Waals surface area contributed by atoms with Crippen molar-refractivity contribution in [2.75, 3.05) is 33.8 Å². The number of likely N-dealkylation sites (N-methyl/N-ethyl adjacent to an activating group) is 2. The second kappa shape index (κ2) is 8.08. The van der Waals surface area contributed by atoms with Gasteiger partial charge in [0.25, 0.3) is 5.91 Å². The van der Waals surface area contributed by atoms with E-state index >= 15 is 0 Å². The van der Waals surface area contributed by atoms with Crippen LogP contribution in [0.25, 0.3) is 0 Å². The molecule has 1 rings (SSSR count). The van der Waals surface area contributed by atoms with Gasteiger partial charge in [-0.2, -0.15) is 0 Å². The molecule has 2 amide bonds. The summed E-state index contributed by atoms with van der Waals surface area (Å²) < 4.78 is 0. The van der Waals surface area contributed by atoms with Crippen LogP contribution in [0.2, 0.25) is 0 Å². The van der Waals surface area contributed by atoms with Crippen molar-refractivity contribution in [3.8, 4) is 11.8 Å². The van der Waals surface area contributed by atoms with Crippen LogP contribution in [-0.2, 0) is 4.79 Å². The molecule has 21 heavy (non-hydrogen) atoms. The fourth-order valence-electron chi connectivity index (χ4n) is 1.69. The first-order valence-electron chi connectivity index (χ1n) is 6.68. The summed E-state index contributed by atoms with van der Waals surface area (Å²) in [4.78, 5) is 27.1. The number of benzene rings is 1. The average molecular weight is 288 g/mol. The highest BCUT2D eigenvalue weighted by Gasteiger charge is 2.18. The average Bonchev–Trinajstić information content (AvgIpc) is 2.49. The minimum absolute atomic E-state index is 0.0505. The fourth-order valence-corrected chi connectivity index (χ4v) is 1.69. The van der Waals surface area contributed by atoms with Crippen molar-refractivity contribution in [3.05, 3.63) is 35.4 Å². The first kappa shape index (κ1) is 16.7. The molecule has 0 heterocycles. The molecule has 0 aliphatic carbocycles. The monoisotopic (exact) mass is 288 g/mol.